The number of rotatable bonds is 9. The highest BCUT2D eigenvalue weighted by Crippen LogP contribution is 2.28. The molecule has 262 valence electrons. The van der Waals surface area contributed by atoms with Gasteiger partial charge in [-0.1, -0.05) is 102 Å². The number of aryl methyl sites for hydroxylation is 5. The molecule has 10 rings (SSSR count). The van der Waals surface area contributed by atoms with Crippen molar-refractivity contribution in [3.05, 3.63) is 143 Å². The zero-order chi connectivity index (χ0) is 35.3. The van der Waals surface area contributed by atoms with E-state index in [2.05, 4.69) is 162 Å². The molecule has 0 bridgehead atoms. The minimum absolute atomic E-state index is 0.751. The molecule has 5 heterocycles. The maximum atomic E-state index is 4.99. The third-order valence-corrected chi connectivity index (χ3v) is 12.7. The summed E-state index contributed by atoms with van der Waals surface area (Å²) in [6.45, 7) is 7.70. The summed E-state index contributed by atoms with van der Waals surface area (Å²) < 4.78 is 17.3. The predicted molar refractivity (Wildman–Crippen MR) is 214 cm³/mol. The van der Waals surface area contributed by atoms with Crippen LogP contribution in [0.15, 0.2) is 138 Å². The number of unbranched alkanes of at least 4 members (excludes halogenated alkanes) is 1. The number of fused-ring (bicyclic) bond motifs is 9. The molecule has 8 nitrogen and oxygen atoms in total. The molecule has 5 aromatic carbocycles. The molecular formula is C43H40N8S2+2. The average Bonchev–Trinajstić information content (AvgIpc) is 3.94. The zero-order valence-electron chi connectivity index (χ0n) is 29.7. The topological polar surface area (TPSA) is 52.2 Å². The van der Waals surface area contributed by atoms with Crippen LogP contribution in [0.1, 0.15) is 25.3 Å². The summed E-state index contributed by atoms with van der Waals surface area (Å²) in [7, 11) is 0. The standard InChI is InChI=1S/C43H40N8S2/c1-2-46-32-18-6-7-19-33(32)48-28-29-49-35-21-9-8-20-34(35)47(41(49)40(46)48)26-14-15-27-50-36-22-10-12-24-38(36)52-42(50)44-45-43-51(30-31-16-4-3-5-17-31)37-23-11-13-25-39(37)53-43/h3-13,16-25H,2,14-15,26-30H2,1H3/q+2. The highest BCUT2D eigenvalue weighted by molar-refractivity contribution is 7.16. The second-order valence-corrected chi connectivity index (χ2v) is 15.7. The highest BCUT2D eigenvalue weighted by atomic mass is 32.1. The minimum atomic E-state index is 0.751. The van der Waals surface area contributed by atoms with E-state index in [-0.39, 0.29) is 0 Å². The van der Waals surface area contributed by atoms with Crippen LogP contribution in [0.4, 0.5) is 0 Å². The number of thiazole rings is 2. The first-order chi connectivity index (χ1) is 26.3. The monoisotopic (exact) mass is 732 g/mol. The lowest BCUT2D eigenvalue weighted by Crippen LogP contribution is -2.53. The van der Waals surface area contributed by atoms with Gasteiger partial charge in [0, 0.05) is 6.54 Å². The molecule has 1 aliphatic heterocycles. The second-order valence-electron chi connectivity index (χ2n) is 13.7. The molecule has 10 heteroatoms. The zero-order valence-corrected chi connectivity index (χ0v) is 31.3. The lowest BCUT2D eigenvalue weighted by Gasteiger charge is -2.10. The molecule has 9 aromatic rings. The molecule has 0 atom stereocenters. The van der Waals surface area contributed by atoms with Gasteiger partial charge in [-0.3, -0.25) is 0 Å². The summed E-state index contributed by atoms with van der Waals surface area (Å²) in [5.41, 5.74) is 8.88. The number of benzene rings is 5. The molecule has 0 aliphatic carbocycles. The van der Waals surface area contributed by atoms with E-state index in [4.69, 9.17) is 10.2 Å². The van der Waals surface area contributed by atoms with Crippen LogP contribution < -0.4 is 18.7 Å². The van der Waals surface area contributed by atoms with Crippen LogP contribution >= 0.6 is 22.7 Å². The van der Waals surface area contributed by atoms with Gasteiger partial charge < -0.3 is 9.13 Å². The minimum Gasteiger partial charge on any atom is -0.315 e. The van der Waals surface area contributed by atoms with E-state index in [1.54, 1.807) is 22.7 Å². The first kappa shape index (κ1) is 32.1. The van der Waals surface area contributed by atoms with Crippen molar-refractivity contribution in [2.45, 2.75) is 59.0 Å². The van der Waals surface area contributed by atoms with Gasteiger partial charge in [0.25, 0.3) is 0 Å². The Balaban J connectivity index is 0.998. The average molecular weight is 733 g/mol. The van der Waals surface area contributed by atoms with Gasteiger partial charge >= 0.3 is 11.6 Å². The van der Waals surface area contributed by atoms with E-state index in [9.17, 15) is 0 Å². The van der Waals surface area contributed by atoms with Crippen molar-refractivity contribution >= 4 is 65.2 Å². The van der Waals surface area contributed by atoms with Crippen LogP contribution in [0.25, 0.3) is 54.1 Å². The third-order valence-electron chi connectivity index (χ3n) is 10.6. The Kier molecular flexibility index (Phi) is 8.14. The molecule has 4 aromatic heterocycles. The van der Waals surface area contributed by atoms with Gasteiger partial charge in [0.05, 0.1) is 40.1 Å². The van der Waals surface area contributed by atoms with Crippen LogP contribution in [0.5, 0.6) is 0 Å². The lowest BCUT2D eigenvalue weighted by atomic mass is 10.2. The molecule has 0 saturated heterocycles. The number of aromatic nitrogens is 6. The first-order valence-electron chi connectivity index (χ1n) is 18.6. The van der Waals surface area contributed by atoms with Crippen molar-refractivity contribution in [2.24, 2.45) is 10.2 Å². The van der Waals surface area contributed by atoms with E-state index in [0.29, 0.717) is 0 Å². The van der Waals surface area contributed by atoms with Crippen molar-refractivity contribution in [2.75, 3.05) is 0 Å². The van der Waals surface area contributed by atoms with Crippen LogP contribution in [-0.4, -0.2) is 18.3 Å². The maximum absolute atomic E-state index is 4.99. The largest absolute Gasteiger partial charge is 0.374 e. The summed E-state index contributed by atoms with van der Waals surface area (Å²) in [5, 5.41) is 9.94. The van der Waals surface area contributed by atoms with Gasteiger partial charge in [0.1, 0.15) is 13.1 Å². The van der Waals surface area contributed by atoms with E-state index >= 15 is 0 Å². The molecule has 0 unspecified atom stereocenters. The Hall–Kier alpha value is -5.58. The molecule has 0 amide bonds. The smallest absolute Gasteiger partial charge is 0.315 e. The maximum Gasteiger partial charge on any atom is 0.374 e. The van der Waals surface area contributed by atoms with Crippen LogP contribution in [-0.2, 0) is 39.3 Å². The summed E-state index contributed by atoms with van der Waals surface area (Å²) in [5.74, 6) is 2.62. The Morgan fingerprint density at radius 3 is 1.60 bits per heavy atom. The Morgan fingerprint density at radius 1 is 0.509 bits per heavy atom. The molecule has 53 heavy (non-hydrogen) atoms. The molecule has 0 saturated carbocycles. The Labute approximate surface area is 314 Å². The number of para-hydroxylation sites is 6. The van der Waals surface area contributed by atoms with Gasteiger partial charge in [-0.15, -0.1) is 10.2 Å². The Bertz CT molecular complexity index is 2900. The second kappa shape index (κ2) is 13.4. The molecule has 0 radical (unpaired) electrons. The third kappa shape index (κ3) is 5.47. The van der Waals surface area contributed by atoms with Gasteiger partial charge in [0.15, 0.2) is 22.1 Å². The van der Waals surface area contributed by atoms with Crippen molar-refractivity contribution < 1.29 is 9.13 Å². The summed E-state index contributed by atoms with van der Waals surface area (Å²) in [4.78, 5) is 1.84. The van der Waals surface area contributed by atoms with Crippen LogP contribution in [0, 0.1) is 0 Å². The van der Waals surface area contributed by atoms with Crippen molar-refractivity contribution in [3.8, 4) is 11.6 Å². The molecule has 1 aliphatic rings. The van der Waals surface area contributed by atoms with Crippen LogP contribution in [0.2, 0.25) is 0 Å². The Morgan fingerprint density at radius 2 is 0.981 bits per heavy atom. The fourth-order valence-electron chi connectivity index (χ4n) is 8.23. The number of hydrogen-bond donors (Lipinski definition) is 0. The molecular weight excluding hydrogens is 693 g/mol. The van der Waals surface area contributed by atoms with E-state index in [1.807, 2.05) is 0 Å². The van der Waals surface area contributed by atoms with E-state index in [0.717, 1.165) is 61.7 Å². The van der Waals surface area contributed by atoms with Gasteiger partial charge in [-0.05, 0) is 73.9 Å². The van der Waals surface area contributed by atoms with Crippen LogP contribution in [0.3, 0.4) is 0 Å². The number of nitrogens with zero attached hydrogens (tertiary/aromatic N) is 8. The summed E-state index contributed by atoms with van der Waals surface area (Å²) in [6, 6.07) is 45.6. The highest BCUT2D eigenvalue weighted by Gasteiger charge is 2.41. The van der Waals surface area contributed by atoms with Gasteiger partial charge in [-0.25, -0.2) is 18.3 Å². The van der Waals surface area contributed by atoms with E-state index in [1.165, 1.54) is 59.7 Å². The quantitative estimate of drug-likeness (QED) is 0.0826. The fraction of sp³-hybridized carbons (Fsp3) is 0.209. The summed E-state index contributed by atoms with van der Waals surface area (Å²) in [6.07, 6.45) is 2.06. The van der Waals surface area contributed by atoms with Crippen molar-refractivity contribution in [3.63, 3.8) is 0 Å². The molecule has 0 N–H and O–H groups in total. The predicted octanol–water partition coefficient (Wildman–Crippen LogP) is 7.85. The first-order valence-corrected chi connectivity index (χ1v) is 20.2. The number of imidazole rings is 2. The van der Waals surface area contributed by atoms with Crippen molar-refractivity contribution in [1.29, 1.82) is 0 Å². The molecule has 0 spiro atoms. The summed E-state index contributed by atoms with van der Waals surface area (Å²) >= 11 is 3.41. The fourth-order valence-corrected chi connectivity index (χ4v) is 10.2. The lowest BCUT2D eigenvalue weighted by molar-refractivity contribution is -0.772. The van der Waals surface area contributed by atoms with Gasteiger partial charge in [0.2, 0.25) is 9.60 Å². The normalized spacial score (nSPS) is 13.5. The van der Waals surface area contributed by atoms with E-state index < -0.39 is 0 Å². The van der Waals surface area contributed by atoms with Gasteiger partial charge in [-0.2, -0.15) is 0 Å². The SMILES string of the molecule is CCn1c2[n+](c3ccccc31)CC[n+]1c-2n(CCCCn2c(=NN=c3sc4ccccc4n3Cc3ccccc3)sc3ccccc32)c2ccccc21. The molecule has 0 fully saturated rings. The number of hydrogen-bond acceptors (Lipinski definition) is 4. The van der Waals surface area contributed by atoms with Crippen molar-refractivity contribution in [1.82, 2.24) is 18.3 Å².